The monoisotopic (exact) mass is 398 g/mol. The van der Waals surface area contributed by atoms with Crippen molar-refractivity contribution in [2.24, 2.45) is 17.8 Å². The number of carboxylic acids is 1. The summed E-state index contributed by atoms with van der Waals surface area (Å²) in [6, 6.07) is 0. The Labute approximate surface area is 167 Å². The minimum atomic E-state index is -2.68. The first kappa shape index (κ1) is 24.5. The first-order chi connectivity index (χ1) is 13.2. The second kappa shape index (κ2) is 12.1. The number of carboxylic acid groups (broad SMARTS) is 1. The van der Waals surface area contributed by atoms with E-state index in [1.807, 2.05) is 12.2 Å². The predicted molar refractivity (Wildman–Crippen MR) is 106 cm³/mol. The SMILES string of the molecule is C=C(F)[C@H](CC=C[C@H]1CCC(=O)[C@@H]1CCCCCC(O)(O)C(=O)O)CCCC. The number of carbonyl (C=O) groups is 2. The molecule has 1 rings (SSSR count). The van der Waals surface area contributed by atoms with E-state index in [4.69, 9.17) is 5.11 Å². The number of aliphatic hydroxyl groups is 2. The number of hydrogen-bond acceptors (Lipinski definition) is 4. The molecule has 3 N–H and O–H groups in total. The van der Waals surface area contributed by atoms with E-state index in [1.54, 1.807) is 0 Å². The van der Waals surface area contributed by atoms with Gasteiger partial charge in [-0.05, 0) is 38.0 Å². The summed E-state index contributed by atoms with van der Waals surface area (Å²) in [5.41, 5.74) is 0. The summed E-state index contributed by atoms with van der Waals surface area (Å²) in [6.07, 6.45) is 11.0. The molecule has 1 aliphatic carbocycles. The third-order valence-corrected chi connectivity index (χ3v) is 5.69. The Balaban J connectivity index is 2.43. The maximum Gasteiger partial charge on any atom is 0.364 e. The highest BCUT2D eigenvalue weighted by molar-refractivity contribution is 5.83. The summed E-state index contributed by atoms with van der Waals surface area (Å²) in [5, 5.41) is 27.2. The molecule has 1 aliphatic rings. The molecule has 0 bridgehead atoms. The molecule has 0 saturated heterocycles. The first-order valence-electron chi connectivity index (χ1n) is 10.4. The van der Waals surface area contributed by atoms with Crippen LogP contribution in [-0.2, 0) is 9.59 Å². The van der Waals surface area contributed by atoms with Gasteiger partial charge in [-0.15, -0.1) is 0 Å². The van der Waals surface area contributed by atoms with Gasteiger partial charge in [-0.25, -0.2) is 9.18 Å². The lowest BCUT2D eigenvalue weighted by Crippen LogP contribution is -2.37. The number of unbranched alkanes of at least 4 members (excludes halogenated alkanes) is 3. The Hall–Kier alpha value is -1.53. The topological polar surface area (TPSA) is 94.8 Å². The average molecular weight is 399 g/mol. The molecule has 0 aromatic heterocycles. The summed E-state index contributed by atoms with van der Waals surface area (Å²) in [5.74, 6) is -4.38. The van der Waals surface area contributed by atoms with Crippen LogP contribution in [0.3, 0.4) is 0 Å². The van der Waals surface area contributed by atoms with Crippen molar-refractivity contribution in [3.8, 4) is 0 Å². The molecule has 0 unspecified atom stereocenters. The number of rotatable bonds is 14. The third kappa shape index (κ3) is 8.23. The molecule has 0 aromatic rings. The second-order valence-corrected chi connectivity index (χ2v) is 7.95. The van der Waals surface area contributed by atoms with Crippen LogP contribution in [0.15, 0.2) is 24.6 Å². The molecule has 0 aliphatic heterocycles. The minimum absolute atomic E-state index is 0.0496. The summed E-state index contributed by atoms with van der Waals surface area (Å²) in [4.78, 5) is 22.8. The number of Topliss-reactive ketones (excluding diaryl/α,β-unsaturated/α-hetero) is 1. The Bertz CT molecular complexity index is 555. The van der Waals surface area contributed by atoms with Crippen molar-refractivity contribution >= 4 is 11.8 Å². The number of halogens is 1. The molecular weight excluding hydrogens is 363 g/mol. The van der Waals surface area contributed by atoms with Gasteiger partial charge in [0.15, 0.2) is 0 Å². The Morgan fingerprint density at radius 2 is 2.04 bits per heavy atom. The predicted octanol–water partition coefficient (Wildman–Crippen LogP) is 4.53. The summed E-state index contributed by atoms with van der Waals surface area (Å²) in [7, 11) is 0. The number of carbonyl (C=O) groups excluding carboxylic acids is 1. The number of ketones is 1. The molecule has 0 heterocycles. The molecule has 5 nitrogen and oxygen atoms in total. The fraction of sp³-hybridized carbons (Fsp3) is 0.727. The van der Waals surface area contributed by atoms with Crippen molar-refractivity contribution in [2.75, 3.05) is 0 Å². The van der Waals surface area contributed by atoms with Gasteiger partial charge < -0.3 is 15.3 Å². The highest BCUT2D eigenvalue weighted by Gasteiger charge is 2.33. The van der Waals surface area contributed by atoms with E-state index in [0.717, 1.165) is 32.1 Å². The molecule has 1 saturated carbocycles. The summed E-state index contributed by atoms with van der Waals surface area (Å²) < 4.78 is 13.5. The van der Waals surface area contributed by atoms with E-state index >= 15 is 0 Å². The molecule has 0 radical (unpaired) electrons. The van der Waals surface area contributed by atoms with E-state index in [0.29, 0.717) is 32.1 Å². The fourth-order valence-corrected chi connectivity index (χ4v) is 3.83. The molecule has 0 aromatic carbocycles. The molecule has 0 spiro atoms. The van der Waals surface area contributed by atoms with Gasteiger partial charge in [0.2, 0.25) is 0 Å². The van der Waals surface area contributed by atoms with Crippen molar-refractivity contribution in [1.82, 2.24) is 0 Å². The lowest BCUT2D eigenvalue weighted by Gasteiger charge is -2.17. The molecule has 6 heteroatoms. The smallest absolute Gasteiger partial charge is 0.364 e. The molecule has 3 atom stereocenters. The standard InChI is InChI=1S/C22H35FO5/c1-3-4-9-17(16(2)23)10-8-11-18-13-14-20(24)19(18)12-6-5-7-15-22(27,28)21(25)26/h8,11,17-19,27-28H,2-7,9-10,12-15H2,1H3,(H,25,26)/t17-,18-,19+/m0/s1. The van der Waals surface area contributed by atoms with Crippen LogP contribution in [0.25, 0.3) is 0 Å². The van der Waals surface area contributed by atoms with E-state index in [9.17, 15) is 24.2 Å². The largest absolute Gasteiger partial charge is 0.477 e. The van der Waals surface area contributed by atoms with Crippen molar-refractivity contribution in [3.05, 3.63) is 24.6 Å². The molecule has 28 heavy (non-hydrogen) atoms. The van der Waals surface area contributed by atoms with E-state index in [1.165, 1.54) is 0 Å². The van der Waals surface area contributed by atoms with E-state index in [2.05, 4.69) is 13.5 Å². The molecule has 1 fully saturated rings. The van der Waals surface area contributed by atoms with E-state index < -0.39 is 11.8 Å². The summed E-state index contributed by atoms with van der Waals surface area (Å²) in [6.45, 7) is 5.52. The van der Waals surface area contributed by atoms with Crippen LogP contribution in [0.2, 0.25) is 0 Å². The van der Waals surface area contributed by atoms with Crippen LogP contribution in [0, 0.1) is 17.8 Å². The van der Waals surface area contributed by atoms with Gasteiger partial charge in [-0.3, -0.25) is 4.79 Å². The molecular formula is C22H35FO5. The lowest BCUT2D eigenvalue weighted by atomic mass is 9.88. The third-order valence-electron chi connectivity index (χ3n) is 5.69. The highest BCUT2D eigenvalue weighted by Crippen LogP contribution is 2.34. The highest BCUT2D eigenvalue weighted by atomic mass is 19.1. The van der Waals surface area contributed by atoms with Crippen LogP contribution < -0.4 is 0 Å². The van der Waals surface area contributed by atoms with Crippen molar-refractivity contribution in [2.45, 2.75) is 83.3 Å². The van der Waals surface area contributed by atoms with Crippen molar-refractivity contribution < 1.29 is 29.3 Å². The van der Waals surface area contributed by atoms with Crippen LogP contribution in [-0.4, -0.2) is 32.9 Å². The average Bonchev–Trinajstić information content (AvgIpc) is 2.97. The number of allylic oxidation sites excluding steroid dienone is 3. The summed E-state index contributed by atoms with van der Waals surface area (Å²) >= 11 is 0. The fourth-order valence-electron chi connectivity index (χ4n) is 3.83. The van der Waals surface area contributed by atoms with Gasteiger partial charge in [0.05, 0.1) is 5.83 Å². The molecule has 160 valence electrons. The van der Waals surface area contributed by atoms with Gasteiger partial charge in [-0.1, -0.05) is 51.3 Å². The molecule has 0 amide bonds. The van der Waals surface area contributed by atoms with Crippen molar-refractivity contribution in [1.29, 1.82) is 0 Å². The van der Waals surface area contributed by atoms with Crippen molar-refractivity contribution in [3.63, 3.8) is 0 Å². The Kier molecular flexibility index (Phi) is 10.6. The van der Waals surface area contributed by atoms with Crippen LogP contribution in [0.5, 0.6) is 0 Å². The zero-order valence-corrected chi connectivity index (χ0v) is 16.9. The lowest BCUT2D eigenvalue weighted by molar-refractivity contribution is -0.205. The quantitative estimate of drug-likeness (QED) is 0.227. The van der Waals surface area contributed by atoms with Gasteiger partial charge in [0.25, 0.3) is 5.79 Å². The van der Waals surface area contributed by atoms with E-state index in [-0.39, 0.29) is 35.8 Å². The van der Waals surface area contributed by atoms with Crippen LogP contribution >= 0.6 is 0 Å². The number of aliphatic carboxylic acids is 1. The second-order valence-electron chi connectivity index (χ2n) is 7.95. The normalized spacial score (nSPS) is 21.4. The Morgan fingerprint density at radius 3 is 2.64 bits per heavy atom. The maximum atomic E-state index is 13.5. The first-order valence-corrected chi connectivity index (χ1v) is 10.4. The van der Waals surface area contributed by atoms with Crippen LogP contribution in [0.1, 0.15) is 77.6 Å². The van der Waals surface area contributed by atoms with Gasteiger partial charge in [0, 0.05) is 24.7 Å². The van der Waals surface area contributed by atoms with Crippen LogP contribution in [0.4, 0.5) is 4.39 Å². The Morgan fingerprint density at radius 1 is 1.32 bits per heavy atom. The number of hydrogen-bond donors (Lipinski definition) is 3. The maximum absolute atomic E-state index is 13.5. The van der Waals surface area contributed by atoms with Gasteiger partial charge >= 0.3 is 5.97 Å². The minimum Gasteiger partial charge on any atom is -0.477 e. The zero-order valence-electron chi connectivity index (χ0n) is 16.9. The van der Waals surface area contributed by atoms with Gasteiger partial charge in [0.1, 0.15) is 5.78 Å². The zero-order chi connectivity index (χ0) is 21.2. The van der Waals surface area contributed by atoms with Gasteiger partial charge in [-0.2, -0.15) is 0 Å².